The zero-order chi connectivity index (χ0) is 7.61. The van der Waals surface area contributed by atoms with Crippen LogP contribution < -0.4 is 0 Å². The van der Waals surface area contributed by atoms with E-state index in [0.29, 0.717) is 11.2 Å². The molecule has 0 aromatic heterocycles. The van der Waals surface area contributed by atoms with Crippen LogP contribution in [0.15, 0.2) is 0 Å². The van der Waals surface area contributed by atoms with Gasteiger partial charge in [-0.25, -0.2) is 0 Å². The maximum absolute atomic E-state index is 11.0. The predicted octanol–water partition coefficient (Wildman–Crippen LogP) is 2.55. The molecule has 1 saturated carbocycles. The molecule has 0 atom stereocenters. The zero-order valence-electron chi connectivity index (χ0n) is 6.94. The molecule has 0 heterocycles. The van der Waals surface area contributed by atoms with E-state index >= 15 is 0 Å². The molecule has 0 saturated heterocycles. The fraction of sp³-hybridized carbons (Fsp3) is 0.889. The van der Waals surface area contributed by atoms with Crippen LogP contribution in [0.4, 0.5) is 0 Å². The number of carbonyl (C=O) groups is 1. The molecule has 1 aliphatic rings. The fourth-order valence-corrected chi connectivity index (χ4v) is 1.56. The second kappa shape index (κ2) is 2.73. The maximum Gasteiger partial charge on any atom is 0.133 e. The summed E-state index contributed by atoms with van der Waals surface area (Å²) in [7, 11) is 0. The van der Waals surface area contributed by atoms with E-state index < -0.39 is 0 Å². The summed E-state index contributed by atoms with van der Waals surface area (Å²) >= 11 is 0. The highest BCUT2D eigenvalue weighted by molar-refractivity contribution is 5.78. The summed E-state index contributed by atoms with van der Waals surface area (Å²) in [6.07, 6.45) is 5.39. The lowest BCUT2D eigenvalue weighted by Gasteiger charge is -2.37. The molecule has 0 N–H and O–H groups in total. The van der Waals surface area contributed by atoms with Crippen LogP contribution in [0.3, 0.4) is 0 Å². The number of hydrogen-bond donors (Lipinski definition) is 0. The van der Waals surface area contributed by atoms with Crippen molar-refractivity contribution in [3.05, 3.63) is 0 Å². The lowest BCUT2D eigenvalue weighted by Crippen LogP contribution is -2.28. The van der Waals surface area contributed by atoms with Gasteiger partial charge in [-0.1, -0.05) is 20.3 Å². The number of ketones is 1. The minimum absolute atomic E-state index is 0.396. The Kier molecular flexibility index (Phi) is 2.12. The second-order valence-corrected chi connectivity index (χ2v) is 3.73. The van der Waals surface area contributed by atoms with E-state index in [2.05, 4.69) is 6.92 Å². The van der Waals surface area contributed by atoms with E-state index in [4.69, 9.17) is 0 Å². The predicted molar refractivity (Wildman–Crippen MR) is 41.9 cm³/mol. The van der Waals surface area contributed by atoms with Gasteiger partial charge in [0.05, 0.1) is 0 Å². The largest absolute Gasteiger partial charge is 0.300 e. The molecule has 1 rings (SSSR count). The van der Waals surface area contributed by atoms with Crippen LogP contribution in [0.25, 0.3) is 0 Å². The monoisotopic (exact) mass is 140 g/mol. The summed E-state index contributed by atoms with van der Waals surface area (Å²) in [4.78, 5) is 11.0. The van der Waals surface area contributed by atoms with Gasteiger partial charge in [-0.05, 0) is 18.3 Å². The Balaban J connectivity index is 2.29. The molecule has 10 heavy (non-hydrogen) atoms. The number of hydrogen-bond acceptors (Lipinski definition) is 1. The van der Waals surface area contributed by atoms with Crippen LogP contribution in [-0.2, 0) is 4.79 Å². The van der Waals surface area contributed by atoms with Gasteiger partial charge in [0.15, 0.2) is 0 Å². The first-order chi connectivity index (χ1) is 4.66. The summed E-state index contributed by atoms with van der Waals surface area (Å²) in [6, 6.07) is 0. The van der Waals surface area contributed by atoms with Gasteiger partial charge >= 0.3 is 0 Å². The quantitative estimate of drug-likeness (QED) is 0.588. The van der Waals surface area contributed by atoms with Crippen molar-refractivity contribution in [1.29, 1.82) is 0 Å². The first-order valence-corrected chi connectivity index (χ1v) is 4.18. The third-order valence-electron chi connectivity index (χ3n) is 2.58. The van der Waals surface area contributed by atoms with Gasteiger partial charge in [0, 0.05) is 12.8 Å². The summed E-state index contributed by atoms with van der Waals surface area (Å²) < 4.78 is 0. The lowest BCUT2D eigenvalue weighted by atomic mass is 9.67. The van der Waals surface area contributed by atoms with Crippen molar-refractivity contribution >= 4 is 5.78 Å². The first-order valence-electron chi connectivity index (χ1n) is 4.18. The fourth-order valence-electron chi connectivity index (χ4n) is 1.56. The Hall–Kier alpha value is -0.330. The van der Waals surface area contributed by atoms with Crippen molar-refractivity contribution in [2.24, 2.45) is 5.41 Å². The lowest BCUT2D eigenvalue weighted by molar-refractivity contribution is -0.122. The third kappa shape index (κ3) is 1.59. The van der Waals surface area contributed by atoms with Crippen molar-refractivity contribution in [2.75, 3.05) is 0 Å². The molecule has 1 nitrogen and oxygen atoms in total. The van der Waals surface area contributed by atoms with Gasteiger partial charge in [0.1, 0.15) is 5.78 Å². The molecule has 1 fully saturated rings. The SMILES string of the molecule is CCC(=O)CC1(C)CCC1. The van der Waals surface area contributed by atoms with Crippen molar-refractivity contribution in [3.8, 4) is 0 Å². The number of carbonyl (C=O) groups excluding carboxylic acids is 1. The van der Waals surface area contributed by atoms with Gasteiger partial charge in [-0.3, -0.25) is 4.79 Å². The molecule has 1 aliphatic carbocycles. The third-order valence-corrected chi connectivity index (χ3v) is 2.58. The highest BCUT2D eigenvalue weighted by atomic mass is 16.1. The summed E-state index contributed by atoms with van der Waals surface area (Å²) in [5.41, 5.74) is 0.396. The smallest absolute Gasteiger partial charge is 0.133 e. The van der Waals surface area contributed by atoms with Crippen LogP contribution in [-0.4, -0.2) is 5.78 Å². The van der Waals surface area contributed by atoms with Gasteiger partial charge in [0.25, 0.3) is 0 Å². The molecule has 0 aromatic carbocycles. The summed E-state index contributed by atoms with van der Waals surface area (Å²) in [5.74, 6) is 0.433. The number of Topliss-reactive ketones (excluding diaryl/α,β-unsaturated/α-hetero) is 1. The van der Waals surface area contributed by atoms with Crippen LogP contribution in [0.2, 0.25) is 0 Å². The molecule has 0 aromatic rings. The van der Waals surface area contributed by atoms with Crippen LogP contribution in [0.1, 0.15) is 46.0 Å². The minimum Gasteiger partial charge on any atom is -0.300 e. The summed E-state index contributed by atoms with van der Waals surface area (Å²) in [5, 5.41) is 0. The topological polar surface area (TPSA) is 17.1 Å². The number of rotatable bonds is 3. The van der Waals surface area contributed by atoms with Gasteiger partial charge in [0.2, 0.25) is 0 Å². The molecule has 0 radical (unpaired) electrons. The van der Waals surface area contributed by atoms with E-state index in [0.717, 1.165) is 12.8 Å². The van der Waals surface area contributed by atoms with Crippen LogP contribution in [0.5, 0.6) is 0 Å². The van der Waals surface area contributed by atoms with E-state index in [1.54, 1.807) is 0 Å². The minimum atomic E-state index is 0.396. The molecule has 0 amide bonds. The average Bonchev–Trinajstić information content (AvgIpc) is 1.84. The molecule has 1 heteroatoms. The highest BCUT2D eigenvalue weighted by Gasteiger charge is 2.32. The van der Waals surface area contributed by atoms with Gasteiger partial charge in [-0.15, -0.1) is 0 Å². The van der Waals surface area contributed by atoms with Gasteiger partial charge < -0.3 is 0 Å². The van der Waals surface area contributed by atoms with Crippen molar-refractivity contribution in [2.45, 2.75) is 46.0 Å². The zero-order valence-corrected chi connectivity index (χ0v) is 6.94. The van der Waals surface area contributed by atoms with Gasteiger partial charge in [-0.2, -0.15) is 0 Å². The molecule has 0 bridgehead atoms. The first kappa shape index (κ1) is 7.77. The maximum atomic E-state index is 11.0. The van der Waals surface area contributed by atoms with E-state index in [9.17, 15) is 4.79 Å². The Labute approximate surface area is 62.8 Å². The van der Waals surface area contributed by atoms with E-state index in [1.807, 2.05) is 6.92 Å². The molecule has 58 valence electrons. The van der Waals surface area contributed by atoms with Crippen molar-refractivity contribution in [1.82, 2.24) is 0 Å². The normalized spacial score (nSPS) is 21.8. The molecule has 0 aliphatic heterocycles. The standard InChI is InChI=1S/C9H16O/c1-3-8(10)7-9(2)5-4-6-9/h3-7H2,1-2H3. The van der Waals surface area contributed by atoms with Crippen molar-refractivity contribution in [3.63, 3.8) is 0 Å². The van der Waals surface area contributed by atoms with Crippen molar-refractivity contribution < 1.29 is 4.79 Å². The Bertz CT molecular complexity index is 134. The molecule has 0 spiro atoms. The molecular formula is C9H16O. The average molecular weight is 140 g/mol. The summed E-state index contributed by atoms with van der Waals surface area (Å²) in [6.45, 7) is 4.18. The highest BCUT2D eigenvalue weighted by Crippen LogP contribution is 2.43. The van der Waals surface area contributed by atoms with Crippen LogP contribution >= 0.6 is 0 Å². The van der Waals surface area contributed by atoms with Crippen LogP contribution in [0, 0.1) is 5.41 Å². The van der Waals surface area contributed by atoms with E-state index in [1.165, 1.54) is 19.3 Å². The molecular weight excluding hydrogens is 124 g/mol. The Morgan fingerprint density at radius 2 is 2.10 bits per heavy atom. The Morgan fingerprint density at radius 1 is 1.50 bits per heavy atom. The Morgan fingerprint density at radius 3 is 2.40 bits per heavy atom. The van der Waals surface area contributed by atoms with E-state index in [-0.39, 0.29) is 0 Å². The second-order valence-electron chi connectivity index (χ2n) is 3.73. The molecule has 0 unspecified atom stereocenters.